The molecule has 0 aromatic heterocycles. The molecule has 1 aromatic rings. The van der Waals surface area contributed by atoms with Gasteiger partial charge >= 0.3 is 0 Å². The van der Waals surface area contributed by atoms with E-state index in [-0.39, 0.29) is 0 Å². The third-order valence-corrected chi connectivity index (χ3v) is 5.15. The maximum atomic E-state index is 13.3. The van der Waals surface area contributed by atoms with Crippen molar-refractivity contribution in [1.29, 1.82) is 0 Å². The summed E-state index contributed by atoms with van der Waals surface area (Å²) in [5.41, 5.74) is 1.40. The van der Waals surface area contributed by atoms with Crippen molar-refractivity contribution < 1.29 is 8.78 Å². The van der Waals surface area contributed by atoms with Gasteiger partial charge in [-0.1, -0.05) is 51.5 Å². The zero-order valence-electron chi connectivity index (χ0n) is 13.3. The Balaban J connectivity index is 1.95. The molecule has 0 saturated heterocycles. The highest BCUT2D eigenvalue weighted by Gasteiger charge is 2.30. The van der Waals surface area contributed by atoms with Gasteiger partial charge in [-0.15, -0.1) is 0 Å². The molecule has 0 aliphatic heterocycles. The average molecular weight is 294 g/mol. The standard InChI is InChI=1S/C19H28F2/c1-2-3-5-11-19(12-6-4-7-13-19)14-10-16-8-9-17(20)18(21)15-16/h8-9,15H,2-7,10-14H2,1H3. The van der Waals surface area contributed by atoms with Gasteiger partial charge in [-0.05, 0) is 55.2 Å². The number of hydrogen-bond donors (Lipinski definition) is 0. The SMILES string of the molecule is CCCCCC1(CCc2ccc(F)c(F)c2)CCCCC1. The second kappa shape index (κ2) is 7.91. The minimum atomic E-state index is -0.742. The average Bonchev–Trinajstić information content (AvgIpc) is 2.50. The Morgan fingerprint density at radius 3 is 2.38 bits per heavy atom. The predicted molar refractivity (Wildman–Crippen MR) is 84.3 cm³/mol. The molecule has 0 amide bonds. The van der Waals surface area contributed by atoms with Gasteiger partial charge in [0, 0.05) is 0 Å². The van der Waals surface area contributed by atoms with E-state index in [1.165, 1.54) is 69.9 Å². The quantitative estimate of drug-likeness (QED) is 0.508. The van der Waals surface area contributed by atoms with Crippen LogP contribution in [-0.2, 0) is 6.42 Å². The highest BCUT2D eigenvalue weighted by Crippen LogP contribution is 2.44. The first kappa shape index (κ1) is 16.5. The maximum Gasteiger partial charge on any atom is 0.159 e. The van der Waals surface area contributed by atoms with E-state index < -0.39 is 11.6 Å². The number of unbranched alkanes of at least 4 members (excludes halogenated alkanes) is 2. The number of aryl methyl sites for hydroxylation is 1. The molecule has 0 nitrogen and oxygen atoms in total. The first-order chi connectivity index (χ1) is 10.2. The van der Waals surface area contributed by atoms with Crippen molar-refractivity contribution in [2.45, 2.75) is 77.6 Å². The monoisotopic (exact) mass is 294 g/mol. The second-order valence-electron chi connectivity index (χ2n) is 6.77. The van der Waals surface area contributed by atoms with E-state index in [1.54, 1.807) is 6.07 Å². The normalized spacial score (nSPS) is 17.9. The van der Waals surface area contributed by atoms with Gasteiger partial charge in [0.25, 0.3) is 0 Å². The van der Waals surface area contributed by atoms with Gasteiger partial charge < -0.3 is 0 Å². The fourth-order valence-corrected chi connectivity index (χ4v) is 3.78. The molecular weight excluding hydrogens is 266 g/mol. The van der Waals surface area contributed by atoms with E-state index >= 15 is 0 Å². The van der Waals surface area contributed by atoms with Gasteiger partial charge in [0.15, 0.2) is 11.6 Å². The lowest BCUT2D eigenvalue weighted by Gasteiger charge is -2.38. The number of rotatable bonds is 7. The molecular formula is C19H28F2. The summed E-state index contributed by atoms with van der Waals surface area (Å²) in [5, 5.41) is 0. The first-order valence-electron chi connectivity index (χ1n) is 8.59. The molecule has 21 heavy (non-hydrogen) atoms. The molecule has 0 heterocycles. The molecule has 0 unspecified atom stereocenters. The van der Waals surface area contributed by atoms with Gasteiger partial charge in [-0.3, -0.25) is 0 Å². The lowest BCUT2D eigenvalue weighted by atomic mass is 9.68. The van der Waals surface area contributed by atoms with Crippen molar-refractivity contribution in [3.05, 3.63) is 35.4 Å². The van der Waals surface area contributed by atoms with E-state index in [0.717, 1.165) is 18.4 Å². The zero-order valence-corrected chi connectivity index (χ0v) is 13.3. The van der Waals surface area contributed by atoms with Gasteiger partial charge in [-0.2, -0.15) is 0 Å². The summed E-state index contributed by atoms with van der Waals surface area (Å²) < 4.78 is 26.3. The van der Waals surface area contributed by atoms with E-state index in [2.05, 4.69) is 6.92 Å². The molecule has 0 spiro atoms. The van der Waals surface area contributed by atoms with Crippen molar-refractivity contribution in [3.63, 3.8) is 0 Å². The third kappa shape index (κ3) is 4.79. The Labute approximate surface area is 128 Å². The summed E-state index contributed by atoms with van der Waals surface area (Å²) in [6.07, 6.45) is 13.9. The van der Waals surface area contributed by atoms with Crippen molar-refractivity contribution in [2.75, 3.05) is 0 Å². The molecule has 1 fully saturated rings. The van der Waals surface area contributed by atoms with Crippen LogP contribution in [0.4, 0.5) is 8.78 Å². The minimum absolute atomic E-state index is 0.457. The molecule has 0 bridgehead atoms. The molecule has 1 aliphatic rings. The van der Waals surface area contributed by atoms with Crippen LogP contribution in [0.5, 0.6) is 0 Å². The Kier molecular flexibility index (Phi) is 6.20. The van der Waals surface area contributed by atoms with Crippen LogP contribution in [0.2, 0.25) is 0 Å². The Bertz CT molecular complexity index is 433. The third-order valence-electron chi connectivity index (χ3n) is 5.15. The van der Waals surface area contributed by atoms with Gasteiger partial charge in [-0.25, -0.2) is 8.78 Å². The minimum Gasteiger partial charge on any atom is -0.204 e. The fourth-order valence-electron chi connectivity index (χ4n) is 3.78. The van der Waals surface area contributed by atoms with Crippen molar-refractivity contribution >= 4 is 0 Å². The van der Waals surface area contributed by atoms with Gasteiger partial charge in [0.2, 0.25) is 0 Å². The molecule has 0 N–H and O–H groups in total. The summed E-state index contributed by atoms with van der Waals surface area (Å²) in [7, 11) is 0. The number of halogens is 2. The Morgan fingerprint density at radius 2 is 1.71 bits per heavy atom. The van der Waals surface area contributed by atoms with Crippen LogP contribution in [0, 0.1) is 17.0 Å². The largest absolute Gasteiger partial charge is 0.204 e. The van der Waals surface area contributed by atoms with Crippen molar-refractivity contribution in [1.82, 2.24) is 0 Å². The summed E-state index contributed by atoms with van der Waals surface area (Å²) in [6.45, 7) is 2.24. The molecule has 0 radical (unpaired) electrons. The molecule has 1 saturated carbocycles. The van der Waals surface area contributed by atoms with Crippen LogP contribution in [0.1, 0.15) is 76.7 Å². The molecule has 2 heteroatoms. The number of benzene rings is 1. The highest BCUT2D eigenvalue weighted by molar-refractivity contribution is 5.18. The lowest BCUT2D eigenvalue weighted by molar-refractivity contribution is 0.152. The highest BCUT2D eigenvalue weighted by atomic mass is 19.2. The zero-order chi connectivity index (χ0) is 15.1. The molecule has 2 rings (SSSR count). The lowest BCUT2D eigenvalue weighted by Crippen LogP contribution is -2.25. The van der Waals surface area contributed by atoms with Crippen LogP contribution in [0.15, 0.2) is 18.2 Å². The van der Waals surface area contributed by atoms with Gasteiger partial charge in [0.1, 0.15) is 0 Å². The molecule has 1 aromatic carbocycles. The van der Waals surface area contributed by atoms with Crippen LogP contribution in [0.25, 0.3) is 0 Å². The van der Waals surface area contributed by atoms with Crippen LogP contribution in [0.3, 0.4) is 0 Å². The smallest absolute Gasteiger partial charge is 0.159 e. The van der Waals surface area contributed by atoms with Crippen LogP contribution < -0.4 is 0 Å². The van der Waals surface area contributed by atoms with Crippen molar-refractivity contribution in [3.8, 4) is 0 Å². The van der Waals surface area contributed by atoms with Gasteiger partial charge in [0.05, 0.1) is 0 Å². The summed E-state index contributed by atoms with van der Waals surface area (Å²) >= 11 is 0. The van der Waals surface area contributed by atoms with Crippen LogP contribution in [-0.4, -0.2) is 0 Å². The first-order valence-corrected chi connectivity index (χ1v) is 8.59. The second-order valence-corrected chi connectivity index (χ2v) is 6.77. The summed E-state index contributed by atoms with van der Waals surface area (Å²) in [5.74, 6) is -1.45. The van der Waals surface area contributed by atoms with E-state index in [9.17, 15) is 8.78 Å². The molecule has 0 atom stereocenters. The Morgan fingerprint density at radius 1 is 0.952 bits per heavy atom. The summed E-state index contributed by atoms with van der Waals surface area (Å²) in [6, 6.07) is 4.37. The number of hydrogen-bond acceptors (Lipinski definition) is 0. The van der Waals surface area contributed by atoms with Crippen molar-refractivity contribution in [2.24, 2.45) is 5.41 Å². The van der Waals surface area contributed by atoms with E-state index in [0.29, 0.717) is 5.41 Å². The van der Waals surface area contributed by atoms with Crippen LogP contribution >= 0.6 is 0 Å². The Hall–Kier alpha value is -0.920. The van der Waals surface area contributed by atoms with E-state index in [1.807, 2.05) is 0 Å². The summed E-state index contributed by atoms with van der Waals surface area (Å²) in [4.78, 5) is 0. The van der Waals surface area contributed by atoms with E-state index in [4.69, 9.17) is 0 Å². The fraction of sp³-hybridized carbons (Fsp3) is 0.684. The molecule has 1 aliphatic carbocycles. The predicted octanol–water partition coefficient (Wildman–Crippen LogP) is 6.43. The topological polar surface area (TPSA) is 0 Å². The molecule has 118 valence electrons. The maximum absolute atomic E-state index is 13.3.